The molecule has 100 valence electrons. The van der Waals surface area contributed by atoms with Crippen molar-refractivity contribution in [2.45, 2.75) is 6.42 Å². The summed E-state index contributed by atoms with van der Waals surface area (Å²) in [5.41, 5.74) is 8.46. The van der Waals surface area contributed by atoms with Gasteiger partial charge >= 0.3 is 6.03 Å². The number of benzene rings is 1. The molecule has 0 saturated heterocycles. The Kier molecular flexibility index (Phi) is 5.64. The standard InChI is InChI=1S/C10H12N6O3/c11-15-13-7-1-6-12-10(17)14-8-2-4-9(5-3-8)16(18)19/h2-5H,1,6-7H2,(H2,12,14,17). The van der Waals surface area contributed by atoms with E-state index in [9.17, 15) is 14.9 Å². The van der Waals surface area contributed by atoms with Crippen LogP contribution in [0.3, 0.4) is 0 Å². The average molecular weight is 264 g/mol. The van der Waals surface area contributed by atoms with Gasteiger partial charge in [0.25, 0.3) is 5.69 Å². The molecule has 0 unspecified atom stereocenters. The number of rotatable bonds is 6. The second-order valence-corrected chi connectivity index (χ2v) is 3.49. The SMILES string of the molecule is [N-]=[N+]=NCCCNC(=O)Nc1ccc([N+](=O)[O-])cc1. The van der Waals surface area contributed by atoms with Gasteiger partial charge < -0.3 is 10.6 Å². The number of hydrogen-bond acceptors (Lipinski definition) is 4. The summed E-state index contributed by atoms with van der Waals surface area (Å²) in [6.07, 6.45) is 0.539. The third-order valence-corrected chi connectivity index (χ3v) is 2.12. The van der Waals surface area contributed by atoms with Crippen LogP contribution in [0.4, 0.5) is 16.2 Å². The van der Waals surface area contributed by atoms with Crippen LogP contribution in [0.5, 0.6) is 0 Å². The average Bonchev–Trinajstić information content (AvgIpc) is 2.39. The van der Waals surface area contributed by atoms with Gasteiger partial charge in [0.1, 0.15) is 0 Å². The predicted octanol–water partition coefficient (Wildman–Crippen LogP) is 2.42. The summed E-state index contributed by atoms with van der Waals surface area (Å²) in [4.78, 5) is 23.9. The molecule has 0 bridgehead atoms. The number of anilines is 1. The highest BCUT2D eigenvalue weighted by Gasteiger charge is 2.05. The Hall–Kier alpha value is -2.80. The molecule has 1 rings (SSSR count). The molecule has 0 saturated carbocycles. The van der Waals surface area contributed by atoms with Crippen LogP contribution in [-0.4, -0.2) is 24.0 Å². The van der Waals surface area contributed by atoms with Crippen LogP contribution in [0.2, 0.25) is 0 Å². The topological polar surface area (TPSA) is 133 Å². The van der Waals surface area contributed by atoms with E-state index in [0.717, 1.165) is 0 Å². The number of carbonyl (C=O) groups excluding carboxylic acids is 1. The van der Waals surface area contributed by atoms with Gasteiger partial charge in [-0.2, -0.15) is 0 Å². The van der Waals surface area contributed by atoms with Gasteiger partial charge in [-0.1, -0.05) is 5.11 Å². The first kappa shape index (κ1) is 14.3. The van der Waals surface area contributed by atoms with E-state index in [2.05, 4.69) is 20.7 Å². The number of carbonyl (C=O) groups is 1. The van der Waals surface area contributed by atoms with E-state index in [-0.39, 0.29) is 5.69 Å². The van der Waals surface area contributed by atoms with Crippen LogP contribution in [0.15, 0.2) is 29.4 Å². The number of hydrogen-bond donors (Lipinski definition) is 2. The summed E-state index contributed by atoms with van der Waals surface area (Å²) in [7, 11) is 0. The molecule has 0 aliphatic carbocycles. The van der Waals surface area contributed by atoms with E-state index in [1.807, 2.05) is 0 Å². The van der Waals surface area contributed by atoms with Crippen molar-refractivity contribution in [3.63, 3.8) is 0 Å². The van der Waals surface area contributed by atoms with Crippen LogP contribution < -0.4 is 10.6 Å². The molecule has 19 heavy (non-hydrogen) atoms. The van der Waals surface area contributed by atoms with Gasteiger partial charge in [0.2, 0.25) is 0 Å². The molecule has 1 aromatic carbocycles. The molecule has 0 aromatic heterocycles. The number of non-ortho nitro benzene ring substituents is 1. The molecule has 2 amide bonds. The molecule has 9 heteroatoms. The monoisotopic (exact) mass is 264 g/mol. The summed E-state index contributed by atoms with van der Waals surface area (Å²) in [5.74, 6) is 0. The third-order valence-electron chi connectivity index (χ3n) is 2.12. The van der Waals surface area contributed by atoms with Crippen molar-refractivity contribution in [1.82, 2.24) is 5.32 Å². The first-order valence-corrected chi connectivity index (χ1v) is 5.43. The van der Waals surface area contributed by atoms with Crippen molar-refractivity contribution >= 4 is 17.4 Å². The van der Waals surface area contributed by atoms with E-state index < -0.39 is 11.0 Å². The quantitative estimate of drug-likeness (QED) is 0.204. The lowest BCUT2D eigenvalue weighted by molar-refractivity contribution is -0.384. The van der Waals surface area contributed by atoms with Gasteiger partial charge in [-0.15, -0.1) is 0 Å². The predicted molar refractivity (Wildman–Crippen MR) is 68.7 cm³/mol. The molecule has 9 nitrogen and oxygen atoms in total. The summed E-state index contributed by atoms with van der Waals surface area (Å²) >= 11 is 0. The maximum Gasteiger partial charge on any atom is 0.319 e. The molecule has 0 spiro atoms. The Morgan fingerprint density at radius 2 is 2.11 bits per heavy atom. The van der Waals surface area contributed by atoms with Crippen LogP contribution in [0, 0.1) is 10.1 Å². The van der Waals surface area contributed by atoms with Crippen molar-refractivity contribution in [2.75, 3.05) is 18.4 Å². The lowest BCUT2D eigenvalue weighted by Crippen LogP contribution is -2.29. The number of amides is 2. The maximum atomic E-state index is 11.4. The van der Waals surface area contributed by atoms with Crippen molar-refractivity contribution < 1.29 is 9.72 Å². The van der Waals surface area contributed by atoms with Crippen molar-refractivity contribution in [2.24, 2.45) is 5.11 Å². The van der Waals surface area contributed by atoms with Gasteiger partial charge in [-0.05, 0) is 24.1 Å². The molecule has 1 aromatic rings. The Morgan fingerprint density at radius 3 is 2.68 bits per heavy atom. The summed E-state index contributed by atoms with van der Waals surface area (Å²) in [6.45, 7) is 0.687. The first-order chi connectivity index (χ1) is 9.13. The Bertz CT molecular complexity index is 494. The number of nitrogens with one attached hydrogen (secondary N) is 2. The van der Waals surface area contributed by atoms with Crippen molar-refractivity contribution in [3.05, 3.63) is 44.8 Å². The molecule has 0 aliphatic rings. The van der Waals surface area contributed by atoms with Gasteiger partial charge in [-0.25, -0.2) is 4.79 Å². The summed E-state index contributed by atoms with van der Waals surface area (Å²) < 4.78 is 0. The lowest BCUT2D eigenvalue weighted by Gasteiger charge is -2.06. The van der Waals surface area contributed by atoms with E-state index in [1.165, 1.54) is 24.3 Å². The third kappa shape index (κ3) is 5.37. The molecule has 0 radical (unpaired) electrons. The van der Waals surface area contributed by atoms with E-state index in [4.69, 9.17) is 5.53 Å². The highest BCUT2D eigenvalue weighted by Crippen LogP contribution is 2.14. The zero-order chi connectivity index (χ0) is 14.1. The molecule has 0 aliphatic heterocycles. The molecule has 0 heterocycles. The Labute approximate surface area is 108 Å². The fraction of sp³-hybridized carbons (Fsp3) is 0.300. The minimum Gasteiger partial charge on any atom is -0.338 e. The molecule has 0 fully saturated rings. The Balaban J connectivity index is 2.35. The largest absolute Gasteiger partial charge is 0.338 e. The second-order valence-electron chi connectivity index (χ2n) is 3.49. The van der Waals surface area contributed by atoms with Crippen LogP contribution >= 0.6 is 0 Å². The van der Waals surface area contributed by atoms with Gasteiger partial charge in [-0.3, -0.25) is 10.1 Å². The fourth-order valence-corrected chi connectivity index (χ4v) is 1.24. The Morgan fingerprint density at radius 1 is 1.42 bits per heavy atom. The highest BCUT2D eigenvalue weighted by molar-refractivity contribution is 5.89. The smallest absolute Gasteiger partial charge is 0.319 e. The van der Waals surface area contributed by atoms with E-state index in [1.54, 1.807) is 0 Å². The zero-order valence-corrected chi connectivity index (χ0v) is 9.94. The lowest BCUT2D eigenvalue weighted by atomic mass is 10.3. The normalized spacial score (nSPS) is 9.26. The minimum absolute atomic E-state index is 0.0414. The molecule has 2 N–H and O–H groups in total. The minimum atomic E-state index is -0.514. The molecular formula is C10H12N6O3. The number of nitro benzene ring substituents is 1. The maximum absolute atomic E-state index is 11.4. The number of urea groups is 1. The van der Waals surface area contributed by atoms with Crippen LogP contribution in [0.25, 0.3) is 10.4 Å². The van der Waals surface area contributed by atoms with E-state index in [0.29, 0.717) is 25.2 Å². The van der Waals surface area contributed by atoms with Gasteiger partial charge in [0, 0.05) is 35.8 Å². The number of nitrogens with zero attached hydrogens (tertiary/aromatic N) is 4. The fourth-order valence-electron chi connectivity index (χ4n) is 1.24. The first-order valence-electron chi connectivity index (χ1n) is 5.43. The van der Waals surface area contributed by atoms with Gasteiger partial charge in [0.15, 0.2) is 0 Å². The summed E-state index contributed by atoms with van der Waals surface area (Å²) in [5, 5.41) is 18.8. The second kappa shape index (κ2) is 7.51. The summed E-state index contributed by atoms with van der Waals surface area (Å²) in [6, 6.07) is 5.07. The number of nitro groups is 1. The number of azide groups is 1. The van der Waals surface area contributed by atoms with Crippen molar-refractivity contribution in [3.8, 4) is 0 Å². The zero-order valence-electron chi connectivity index (χ0n) is 9.94. The van der Waals surface area contributed by atoms with Crippen LogP contribution in [-0.2, 0) is 0 Å². The van der Waals surface area contributed by atoms with Gasteiger partial charge in [0.05, 0.1) is 4.92 Å². The van der Waals surface area contributed by atoms with Crippen LogP contribution in [0.1, 0.15) is 6.42 Å². The van der Waals surface area contributed by atoms with Crippen molar-refractivity contribution in [1.29, 1.82) is 0 Å². The molecular weight excluding hydrogens is 252 g/mol. The van der Waals surface area contributed by atoms with E-state index >= 15 is 0 Å². The highest BCUT2D eigenvalue weighted by atomic mass is 16.6. The molecule has 0 atom stereocenters.